The van der Waals surface area contributed by atoms with Gasteiger partial charge in [-0.15, -0.1) is 0 Å². The van der Waals surface area contributed by atoms with Crippen LogP contribution in [0.2, 0.25) is 5.02 Å². The zero-order valence-electron chi connectivity index (χ0n) is 17.0. The lowest BCUT2D eigenvalue weighted by atomic mass is 10.1. The van der Waals surface area contributed by atoms with Crippen molar-refractivity contribution < 1.29 is 13.9 Å². The molecule has 0 saturated carbocycles. The third-order valence-corrected chi connectivity index (χ3v) is 4.71. The average molecular weight is 429 g/mol. The molecule has 0 aliphatic carbocycles. The maximum atomic E-state index is 14.3. The Balaban J connectivity index is 2.00. The second-order valence-electron chi connectivity index (χ2n) is 6.93. The van der Waals surface area contributed by atoms with E-state index in [1.165, 1.54) is 18.3 Å². The van der Waals surface area contributed by atoms with E-state index >= 15 is 0 Å². The maximum absolute atomic E-state index is 14.3. The Morgan fingerprint density at radius 1 is 1.23 bits per heavy atom. The number of halogens is 2. The zero-order chi connectivity index (χ0) is 21.7. The summed E-state index contributed by atoms with van der Waals surface area (Å²) >= 11 is 5.84. The van der Waals surface area contributed by atoms with Crippen LogP contribution in [0.4, 0.5) is 15.8 Å². The number of ether oxygens (including phenoxy) is 2. The first-order valence-electron chi connectivity index (χ1n) is 9.33. The van der Waals surface area contributed by atoms with E-state index in [4.69, 9.17) is 21.1 Å². The smallest absolute Gasteiger partial charge is 0.163 e. The predicted octanol–water partition coefficient (Wildman–Crippen LogP) is 4.98. The maximum Gasteiger partial charge on any atom is 0.163 e. The van der Waals surface area contributed by atoms with Crippen LogP contribution < -0.4 is 14.8 Å². The summed E-state index contributed by atoms with van der Waals surface area (Å²) in [7, 11) is 5.55. The highest BCUT2D eigenvalue weighted by atomic mass is 35.5. The van der Waals surface area contributed by atoms with Crippen LogP contribution in [0.15, 0.2) is 36.5 Å². The van der Waals surface area contributed by atoms with E-state index in [2.05, 4.69) is 21.3 Å². The van der Waals surface area contributed by atoms with Gasteiger partial charge in [0.2, 0.25) is 0 Å². The second-order valence-corrected chi connectivity index (χ2v) is 7.37. The number of aromatic nitrogens is 1. The monoisotopic (exact) mass is 428 g/mol. The highest BCUT2D eigenvalue weighted by Crippen LogP contribution is 2.37. The molecule has 156 valence electrons. The van der Waals surface area contributed by atoms with Crippen molar-refractivity contribution in [2.45, 2.75) is 6.42 Å². The van der Waals surface area contributed by atoms with Crippen LogP contribution in [0.5, 0.6) is 11.5 Å². The lowest BCUT2D eigenvalue weighted by molar-refractivity contribution is 0.268. The summed E-state index contributed by atoms with van der Waals surface area (Å²) in [5, 5.41) is 13.4. The number of nitrogens with one attached hydrogen (secondary N) is 1. The molecule has 0 amide bonds. The molecule has 1 N–H and O–H groups in total. The van der Waals surface area contributed by atoms with E-state index in [1.54, 1.807) is 25.3 Å². The van der Waals surface area contributed by atoms with Crippen LogP contribution in [0, 0.1) is 17.1 Å². The first-order chi connectivity index (χ1) is 14.4. The molecule has 0 saturated heterocycles. The van der Waals surface area contributed by atoms with Gasteiger partial charge in [-0.1, -0.05) is 11.6 Å². The van der Waals surface area contributed by atoms with Crippen molar-refractivity contribution in [3.05, 3.63) is 52.9 Å². The quantitative estimate of drug-likeness (QED) is 0.510. The number of anilines is 2. The van der Waals surface area contributed by atoms with Crippen molar-refractivity contribution in [1.82, 2.24) is 9.88 Å². The minimum Gasteiger partial charge on any atom is -0.493 e. The summed E-state index contributed by atoms with van der Waals surface area (Å²) in [4.78, 5) is 6.45. The van der Waals surface area contributed by atoms with Crippen LogP contribution in [0.1, 0.15) is 12.0 Å². The number of nitriles is 1. The van der Waals surface area contributed by atoms with Gasteiger partial charge in [-0.25, -0.2) is 4.39 Å². The zero-order valence-corrected chi connectivity index (χ0v) is 17.8. The summed E-state index contributed by atoms with van der Waals surface area (Å²) in [5.74, 6) is 0.539. The van der Waals surface area contributed by atoms with Crippen molar-refractivity contribution in [3.63, 3.8) is 0 Å². The molecular formula is C22H22ClFN4O2. The van der Waals surface area contributed by atoms with Crippen molar-refractivity contribution in [2.24, 2.45) is 0 Å². The Kier molecular flexibility index (Phi) is 6.93. The lowest BCUT2D eigenvalue weighted by Crippen LogP contribution is -2.15. The molecule has 0 radical (unpaired) electrons. The molecule has 1 aromatic heterocycles. The van der Waals surface area contributed by atoms with E-state index in [0.29, 0.717) is 34.7 Å². The van der Waals surface area contributed by atoms with Crippen molar-refractivity contribution in [2.75, 3.05) is 39.7 Å². The predicted molar refractivity (Wildman–Crippen MR) is 116 cm³/mol. The number of methoxy groups -OCH3 is 1. The van der Waals surface area contributed by atoms with Gasteiger partial charge in [0.25, 0.3) is 0 Å². The Morgan fingerprint density at radius 2 is 2.03 bits per heavy atom. The SMILES string of the molecule is COc1cc2c(Nc3ccc(Cl)cc3F)c(C#N)cnc2cc1OCCCN(C)C. The molecule has 0 spiro atoms. The molecule has 0 fully saturated rings. The number of pyridine rings is 1. The Hall–Kier alpha value is -3.08. The van der Waals surface area contributed by atoms with Crippen LogP contribution in [-0.4, -0.2) is 44.2 Å². The number of hydrogen-bond donors (Lipinski definition) is 1. The largest absolute Gasteiger partial charge is 0.493 e. The summed E-state index contributed by atoms with van der Waals surface area (Å²) in [5.41, 5.74) is 1.50. The Bertz CT molecular complexity index is 1100. The average Bonchev–Trinajstić information content (AvgIpc) is 2.72. The molecule has 1 heterocycles. The van der Waals surface area contributed by atoms with Gasteiger partial charge in [-0.05, 0) is 44.8 Å². The number of rotatable bonds is 8. The fourth-order valence-corrected chi connectivity index (χ4v) is 3.14. The molecule has 0 unspecified atom stereocenters. The van der Waals surface area contributed by atoms with Gasteiger partial charge in [0.05, 0.1) is 36.2 Å². The van der Waals surface area contributed by atoms with Crippen LogP contribution in [0.25, 0.3) is 10.9 Å². The molecule has 3 rings (SSSR count). The first-order valence-corrected chi connectivity index (χ1v) is 9.71. The summed E-state index contributed by atoms with van der Waals surface area (Å²) < 4.78 is 25.7. The van der Waals surface area contributed by atoms with Crippen molar-refractivity contribution in [3.8, 4) is 17.6 Å². The fourth-order valence-electron chi connectivity index (χ4n) is 2.98. The molecule has 6 nitrogen and oxygen atoms in total. The van der Waals surface area contributed by atoms with E-state index < -0.39 is 5.82 Å². The molecule has 0 bridgehead atoms. The van der Waals surface area contributed by atoms with E-state index in [9.17, 15) is 9.65 Å². The topological polar surface area (TPSA) is 70.4 Å². The van der Waals surface area contributed by atoms with Crippen LogP contribution in [0.3, 0.4) is 0 Å². The van der Waals surface area contributed by atoms with E-state index in [0.717, 1.165) is 13.0 Å². The third kappa shape index (κ3) is 4.90. The van der Waals surface area contributed by atoms with Crippen LogP contribution >= 0.6 is 11.6 Å². The van der Waals surface area contributed by atoms with Gasteiger partial charge in [-0.2, -0.15) is 5.26 Å². The number of benzene rings is 2. The van der Waals surface area contributed by atoms with Crippen molar-refractivity contribution >= 4 is 33.9 Å². The Morgan fingerprint density at radius 3 is 2.70 bits per heavy atom. The minimum atomic E-state index is -0.524. The molecule has 30 heavy (non-hydrogen) atoms. The van der Waals surface area contributed by atoms with E-state index in [1.807, 2.05) is 14.1 Å². The minimum absolute atomic E-state index is 0.200. The van der Waals surface area contributed by atoms with Gasteiger partial charge in [0.1, 0.15) is 11.9 Å². The Labute approximate surface area is 179 Å². The second kappa shape index (κ2) is 9.61. The lowest BCUT2D eigenvalue weighted by Gasteiger charge is -2.16. The summed E-state index contributed by atoms with van der Waals surface area (Å²) in [6.07, 6.45) is 2.30. The third-order valence-electron chi connectivity index (χ3n) is 4.47. The molecule has 0 aliphatic heterocycles. The molecular weight excluding hydrogens is 407 g/mol. The number of nitrogens with zero attached hydrogens (tertiary/aromatic N) is 3. The molecule has 2 aromatic carbocycles. The molecule has 0 aliphatic rings. The fraction of sp³-hybridized carbons (Fsp3) is 0.273. The molecule has 8 heteroatoms. The molecule has 0 atom stereocenters. The highest BCUT2D eigenvalue weighted by Gasteiger charge is 2.16. The highest BCUT2D eigenvalue weighted by molar-refractivity contribution is 6.30. The van der Waals surface area contributed by atoms with E-state index in [-0.39, 0.29) is 16.3 Å². The first kappa shape index (κ1) is 21.6. The van der Waals surface area contributed by atoms with Gasteiger partial charge in [0.15, 0.2) is 11.5 Å². The standard InChI is InChI=1S/C22H22ClFN4O2/c1-28(2)7-4-8-30-21-11-19-16(10-20(21)29-3)22(14(12-25)13-26-19)27-18-6-5-15(23)9-17(18)24/h5-6,9-11,13H,4,7-8H2,1-3H3,(H,26,27). The number of fused-ring (bicyclic) bond motifs is 1. The normalized spacial score (nSPS) is 10.8. The van der Waals surface area contributed by atoms with Crippen molar-refractivity contribution in [1.29, 1.82) is 5.26 Å². The van der Waals surface area contributed by atoms with Gasteiger partial charge >= 0.3 is 0 Å². The van der Waals surface area contributed by atoms with Gasteiger partial charge in [-0.3, -0.25) is 4.98 Å². The molecule has 3 aromatic rings. The van der Waals surface area contributed by atoms with Gasteiger partial charge < -0.3 is 19.7 Å². The summed E-state index contributed by atoms with van der Waals surface area (Å²) in [6.45, 7) is 1.43. The van der Waals surface area contributed by atoms with Gasteiger partial charge in [0, 0.05) is 29.2 Å². The van der Waals surface area contributed by atoms with Crippen LogP contribution in [-0.2, 0) is 0 Å². The number of hydrogen-bond acceptors (Lipinski definition) is 6. The summed E-state index contributed by atoms with van der Waals surface area (Å²) in [6, 6.07) is 9.89.